The van der Waals surface area contributed by atoms with E-state index in [2.05, 4.69) is 0 Å². The van der Waals surface area contributed by atoms with Crippen molar-refractivity contribution in [1.82, 2.24) is 8.61 Å². The molecule has 1 aromatic carbocycles. The van der Waals surface area contributed by atoms with E-state index >= 15 is 0 Å². The first kappa shape index (κ1) is 16.9. The number of benzene rings is 1. The molecule has 2 aliphatic heterocycles. The SMILES string of the molecule is CC1(C)COC(c2ccccc2)CN1S(=O)(=O)N1CCOCC1. The van der Waals surface area contributed by atoms with Crippen molar-refractivity contribution in [1.29, 1.82) is 0 Å². The highest BCUT2D eigenvalue weighted by molar-refractivity contribution is 7.86. The second-order valence-electron chi connectivity index (χ2n) is 6.57. The molecule has 0 aromatic heterocycles. The lowest BCUT2D eigenvalue weighted by Crippen LogP contribution is -2.60. The Bertz CT molecular complexity index is 627. The smallest absolute Gasteiger partial charge is 0.282 e. The molecule has 0 bridgehead atoms. The van der Waals surface area contributed by atoms with E-state index in [0.29, 0.717) is 39.5 Å². The Morgan fingerprint density at radius 3 is 2.43 bits per heavy atom. The quantitative estimate of drug-likeness (QED) is 0.835. The van der Waals surface area contributed by atoms with Crippen LogP contribution in [0.3, 0.4) is 0 Å². The Hall–Kier alpha value is -0.990. The molecule has 1 unspecified atom stereocenters. The number of morpholine rings is 2. The van der Waals surface area contributed by atoms with Crippen LogP contribution in [0, 0.1) is 0 Å². The van der Waals surface area contributed by atoms with Crippen LogP contribution in [-0.2, 0) is 19.7 Å². The Kier molecular flexibility index (Phi) is 4.75. The summed E-state index contributed by atoms with van der Waals surface area (Å²) in [7, 11) is -3.53. The van der Waals surface area contributed by atoms with E-state index in [1.807, 2.05) is 44.2 Å². The van der Waals surface area contributed by atoms with E-state index in [4.69, 9.17) is 9.47 Å². The summed E-state index contributed by atoms with van der Waals surface area (Å²) in [6.07, 6.45) is -0.236. The second kappa shape index (κ2) is 6.49. The van der Waals surface area contributed by atoms with Crippen molar-refractivity contribution in [3.8, 4) is 0 Å². The molecule has 0 N–H and O–H groups in total. The Morgan fingerprint density at radius 1 is 1.13 bits per heavy atom. The predicted octanol–water partition coefficient (Wildman–Crippen LogP) is 1.42. The monoisotopic (exact) mass is 340 g/mol. The molecule has 3 rings (SSSR count). The van der Waals surface area contributed by atoms with Crippen LogP contribution in [0.25, 0.3) is 0 Å². The first-order valence-electron chi connectivity index (χ1n) is 7.93. The van der Waals surface area contributed by atoms with Gasteiger partial charge in [0.05, 0.1) is 31.5 Å². The molecule has 0 aliphatic carbocycles. The zero-order valence-corrected chi connectivity index (χ0v) is 14.5. The average Bonchev–Trinajstić information content (AvgIpc) is 2.56. The van der Waals surface area contributed by atoms with Gasteiger partial charge in [-0.25, -0.2) is 0 Å². The van der Waals surface area contributed by atoms with Gasteiger partial charge < -0.3 is 9.47 Å². The molecular formula is C16H24N2O4S. The van der Waals surface area contributed by atoms with E-state index in [9.17, 15) is 8.42 Å². The topological polar surface area (TPSA) is 59.1 Å². The van der Waals surface area contributed by atoms with E-state index in [0.717, 1.165) is 5.56 Å². The molecule has 23 heavy (non-hydrogen) atoms. The van der Waals surface area contributed by atoms with Gasteiger partial charge in [0.15, 0.2) is 0 Å². The van der Waals surface area contributed by atoms with Gasteiger partial charge in [0, 0.05) is 19.6 Å². The molecule has 0 radical (unpaired) electrons. The molecule has 1 atom stereocenters. The number of hydrogen-bond acceptors (Lipinski definition) is 4. The molecule has 0 amide bonds. The fourth-order valence-corrected chi connectivity index (χ4v) is 4.91. The molecule has 128 valence electrons. The highest BCUT2D eigenvalue weighted by Crippen LogP contribution is 2.33. The van der Waals surface area contributed by atoms with Gasteiger partial charge in [-0.2, -0.15) is 17.0 Å². The molecule has 2 fully saturated rings. The summed E-state index contributed by atoms with van der Waals surface area (Å²) in [5.74, 6) is 0. The lowest BCUT2D eigenvalue weighted by atomic mass is 10.0. The Labute approximate surface area is 138 Å². The van der Waals surface area contributed by atoms with Crippen LogP contribution in [0.4, 0.5) is 0 Å². The minimum absolute atomic E-state index is 0.236. The van der Waals surface area contributed by atoms with Crippen LogP contribution in [0.1, 0.15) is 25.5 Å². The van der Waals surface area contributed by atoms with E-state index < -0.39 is 15.7 Å². The van der Waals surface area contributed by atoms with E-state index in [1.54, 1.807) is 4.31 Å². The predicted molar refractivity (Wildman–Crippen MR) is 87.2 cm³/mol. The van der Waals surface area contributed by atoms with E-state index in [-0.39, 0.29) is 6.10 Å². The molecule has 7 heteroatoms. The summed E-state index contributed by atoms with van der Waals surface area (Å²) in [4.78, 5) is 0. The van der Waals surface area contributed by atoms with Gasteiger partial charge in [-0.05, 0) is 19.4 Å². The van der Waals surface area contributed by atoms with Gasteiger partial charge in [0.1, 0.15) is 0 Å². The van der Waals surface area contributed by atoms with Crippen molar-refractivity contribution >= 4 is 10.2 Å². The Balaban J connectivity index is 1.85. The minimum Gasteiger partial charge on any atom is -0.379 e. The van der Waals surface area contributed by atoms with Gasteiger partial charge in [0.25, 0.3) is 10.2 Å². The average molecular weight is 340 g/mol. The fourth-order valence-electron chi connectivity index (χ4n) is 3.02. The van der Waals surface area contributed by atoms with Gasteiger partial charge in [-0.15, -0.1) is 0 Å². The first-order valence-corrected chi connectivity index (χ1v) is 9.33. The fraction of sp³-hybridized carbons (Fsp3) is 0.625. The molecule has 2 aliphatic rings. The van der Waals surface area contributed by atoms with Gasteiger partial charge in [-0.1, -0.05) is 30.3 Å². The normalized spacial score (nSPS) is 27.0. The molecule has 2 heterocycles. The summed E-state index contributed by atoms with van der Waals surface area (Å²) in [6.45, 7) is 6.24. The van der Waals surface area contributed by atoms with Crippen molar-refractivity contribution in [2.75, 3.05) is 39.5 Å². The molecule has 0 spiro atoms. The van der Waals surface area contributed by atoms with Crippen LogP contribution in [0.2, 0.25) is 0 Å². The standard InChI is InChI=1S/C16H24N2O4S/c1-16(2)13-22-15(14-6-4-3-5-7-14)12-18(16)23(19,20)17-8-10-21-11-9-17/h3-7,15H,8-13H2,1-2H3. The van der Waals surface area contributed by atoms with Crippen molar-refractivity contribution in [2.24, 2.45) is 0 Å². The van der Waals surface area contributed by atoms with Crippen LogP contribution in [0.15, 0.2) is 30.3 Å². The molecule has 1 aromatic rings. The van der Waals surface area contributed by atoms with Crippen LogP contribution < -0.4 is 0 Å². The maximum Gasteiger partial charge on any atom is 0.282 e. The number of rotatable bonds is 3. The summed E-state index contributed by atoms with van der Waals surface area (Å²) in [5.41, 5.74) is 0.438. The lowest BCUT2D eigenvalue weighted by molar-refractivity contribution is -0.0684. The Morgan fingerprint density at radius 2 is 1.78 bits per heavy atom. The van der Waals surface area contributed by atoms with Crippen molar-refractivity contribution in [3.63, 3.8) is 0 Å². The zero-order chi connectivity index (χ0) is 16.5. The van der Waals surface area contributed by atoms with Crippen LogP contribution in [0.5, 0.6) is 0 Å². The number of hydrogen-bond donors (Lipinski definition) is 0. The minimum atomic E-state index is -3.53. The maximum absolute atomic E-state index is 13.1. The highest BCUT2D eigenvalue weighted by Gasteiger charge is 2.45. The molecule has 6 nitrogen and oxygen atoms in total. The number of nitrogens with zero attached hydrogens (tertiary/aromatic N) is 2. The van der Waals surface area contributed by atoms with Gasteiger partial charge in [-0.3, -0.25) is 0 Å². The highest BCUT2D eigenvalue weighted by atomic mass is 32.2. The first-order chi connectivity index (χ1) is 10.9. The lowest BCUT2D eigenvalue weighted by Gasteiger charge is -2.46. The molecule has 2 saturated heterocycles. The third-order valence-electron chi connectivity index (χ3n) is 4.39. The van der Waals surface area contributed by atoms with E-state index in [1.165, 1.54) is 4.31 Å². The van der Waals surface area contributed by atoms with Crippen LogP contribution >= 0.6 is 0 Å². The number of ether oxygens (including phenoxy) is 2. The third kappa shape index (κ3) is 3.44. The summed E-state index contributed by atoms with van der Waals surface area (Å²) in [6, 6.07) is 9.78. The van der Waals surface area contributed by atoms with Gasteiger partial charge in [0.2, 0.25) is 0 Å². The second-order valence-corrected chi connectivity index (χ2v) is 8.43. The van der Waals surface area contributed by atoms with Crippen molar-refractivity contribution in [2.45, 2.75) is 25.5 Å². The zero-order valence-electron chi connectivity index (χ0n) is 13.6. The molecule has 0 saturated carbocycles. The summed E-state index contributed by atoms with van der Waals surface area (Å²) < 4.78 is 40.5. The van der Waals surface area contributed by atoms with Crippen molar-refractivity contribution in [3.05, 3.63) is 35.9 Å². The van der Waals surface area contributed by atoms with Gasteiger partial charge >= 0.3 is 0 Å². The van der Waals surface area contributed by atoms with Crippen molar-refractivity contribution < 1.29 is 17.9 Å². The third-order valence-corrected chi connectivity index (χ3v) is 6.61. The molecular weight excluding hydrogens is 316 g/mol. The maximum atomic E-state index is 13.1. The summed E-state index contributed by atoms with van der Waals surface area (Å²) >= 11 is 0. The van der Waals surface area contributed by atoms with Crippen LogP contribution in [-0.4, -0.2) is 62.0 Å². The largest absolute Gasteiger partial charge is 0.379 e. The summed E-state index contributed by atoms with van der Waals surface area (Å²) in [5, 5.41) is 0.